The lowest BCUT2D eigenvalue weighted by Gasteiger charge is -2.50. The number of aromatic nitrogens is 2. The van der Waals surface area contributed by atoms with Crippen molar-refractivity contribution in [1.29, 1.82) is 0 Å². The van der Waals surface area contributed by atoms with Gasteiger partial charge in [0.2, 0.25) is 5.43 Å². The average molecular weight is 1100 g/mol. The van der Waals surface area contributed by atoms with Crippen molar-refractivity contribution in [2.24, 2.45) is 23.7 Å². The largest absolute Gasteiger partial charge is 0.477 e. The summed E-state index contributed by atoms with van der Waals surface area (Å²) in [5.41, 5.74) is -6.33. The number of hydrogen-bond acceptors (Lipinski definition) is 21. The van der Waals surface area contributed by atoms with Crippen LogP contribution in [0.25, 0.3) is 11.0 Å². The quantitative estimate of drug-likeness (QED) is 0.0641. The smallest absolute Gasteiger partial charge is 0.341 e. The number of carboxylic acid groups (broad SMARTS) is 1. The molecule has 0 amide bonds. The van der Waals surface area contributed by atoms with E-state index in [1.54, 1.807) is 48.5 Å². The number of carboxylic acids is 1. The molecule has 23 nitrogen and oxygen atoms in total. The van der Waals surface area contributed by atoms with Crippen LogP contribution in [-0.2, 0) is 57.0 Å². The number of aliphatic hydroxyl groups excluding tert-OH is 2. The normalized spacial score (nSPS) is 37.4. The van der Waals surface area contributed by atoms with Crippen LogP contribution in [0.15, 0.2) is 17.1 Å². The minimum Gasteiger partial charge on any atom is -0.477 e. The van der Waals surface area contributed by atoms with Crippen molar-refractivity contribution < 1.29 is 85.0 Å². The fourth-order valence-electron chi connectivity index (χ4n) is 11.0. The SMILES string of the molecule is CC[C@H]1OC(=O)[C@H](C)[C@@H](O[C@H]2C[C@@](C)(OC)[C@@H](OS(=O)(=O)CCNCCNc3nc4[nH]cc(C(=O)O)c(=O)c4cc3F)[C@H](C)O2)[C@H](C)[C@@H](O[C@@H]2O[C@H](C)C[C@H](N(C)C)[C@H]2O)[C@](C)(OC)C[C@@H](C)C(=O)[C@H](C)[C@@H](O)[C@]1(C)O. The van der Waals surface area contributed by atoms with Gasteiger partial charge in [-0.05, 0) is 81.0 Å². The van der Waals surface area contributed by atoms with Crippen molar-refractivity contribution >= 4 is 44.7 Å². The molecule has 0 aliphatic carbocycles. The molecule has 3 saturated heterocycles. The van der Waals surface area contributed by atoms with Crippen molar-refractivity contribution in [3.63, 3.8) is 0 Å². The Balaban J connectivity index is 1.38. The van der Waals surface area contributed by atoms with Gasteiger partial charge in [-0.3, -0.25) is 18.6 Å². The van der Waals surface area contributed by atoms with Crippen molar-refractivity contribution in [2.75, 3.05) is 59.0 Å². The van der Waals surface area contributed by atoms with Gasteiger partial charge >= 0.3 is 11.9 Å². The number of ether oxygens (including phenoxy) is 7. The third kappa shape index (κ3) is 14.1. The van der Waals surface area contributed by atoms with E-state index in [1.165, 1.54) is 28.1 Å². The second-order valence-corrected chi connectivity index (χ2v) is 23.4. The summed E-state index contributed by atoms with van der Waals surface area (Å²) in [5.74, 6) is -8.23. The number of nitrogens with one attached hydrogen (secondary N) is 3. The zero-order valence-electron chi connectivity index (χ0n) is 46.2. The second-order valence-electron chi connectivity index (χ2n) is 21.7. The molecule has 2 aromatic rings. The molecule has 5 rings (SSSR count). The third-order valence-electron chi connectivity index (χ3n) is 15.6. The van der Waals surface area contributed by atoms with E-state index in [2.05, 4.69) is 20.6 Å². The van der Waals surface area contributed by atoms with Crippen LogP contribution in [0.3, 0.4) is 0 Å². The lowest BCUT2D eigenvalue weighted by atomic mass is 9.74. The number of nitrogens with zero attached hydrogens (tertiary/aromatic N) is 2. The minimum absolute atomic E-state index is 0.0134. The van der Waals surface area contributed by atoms with E-state index in [0.717, 1.165) is 12.3 Å². The van der Waals surface area contributed by atoms with Crippen LogP contribution in [0.1, 0.15) is 105 Å². The summed E-state index contributed by atoms with van der Waals surface area (Å²) < 4.78 is 92.6. The van der Waals surface area contributed by atoms with E-state index in [9.17, 15) is 52.4 Å². The van der Waals surface area contributed by atoms with Gasteiger partial charge in [-0.25, -0.2) is 14.2 Å². The number of aliphatic hydroxyl groups is 3. The van der Waals surface area contributed by atoms with E-state index in [0.29, 0.717) is 6.42 Å². The Hall–Kier alpha value is -3.83. The number of esters is 1. The Labute approximate surface area is 444 Å². The highest BCUT2D eigenvalue weighted by Gasteiger charge is 2.55. The zero-order valence-corrected chi connectivity index (χ0v) is 47.0. The standard InChI is InChI=1S/C51H82FN5O18S/c1-15-35-51(10,65)41(61)27(4)37(58)25(2)22-49(8,68-13)42(74-48-39(60)34(57(11)12)20-26(3)70-48)28(5)40(29(6)47(64)72-35)73-36-23-50(9,69-14)43(30(7)71-36)75-76(66,67)19-18-53-16-17-54-45-33(52)21-31-38(59)32(46(62)63)24-55-44(31)56-45/h21,24-30,34-36,39-43,48,53,60-61,65H,15-20,22-23H2,1-14H3,(H,62,63)(H2,54,55,56,59)/t25-,26-,27+,28+,29-,30+,34+,35-,36+,39-,40+,41-,42-,43+,48+,49-,50-,51-/m1/s1. The van der Waals surface area contributed by atoms with Crippen LogP contribution in [0, 0.1) is 29.5 Å². The van der Waals surface area contributed by atoms with Gasteiger partial charge in [0.05, 0.1) is 58.8 Å². The number of carbonyl (C=O) groups is 3. The Kier molecular flexibility index (Phi) is 21.2. The summed E-state index contributed by atoms with van der Waals surface area (Å²) in [5, 5.41) is 49.9. The van der Waals surface area contributed by atoms with Gasteiger partial charge in [0.15, 0.2) is 24.2 Å². The lowest BCUT2D eigenvalue weighted by Crippen LogP contribution is -2.62. The summed E-state index contributed by atoms with van der Waals surface area (Å²) in [4.78, 5) is 61.0. The number of aromatic amines is 1. The van der Waals surface area contributed by atoms with E-state index in [1.807, 2.05) is 25.9 Å². The van der Waals surface area contributed by atoms with Crippen LogP contribution < -0.4 is 16.1 Å². The number of aromatic carboxylic acids is 1. The molecule has 5 heterocycles. The number of pyridine rings is 2. The first kappa shape index (κ1) is 63.0. The van der Waals surface area contributed by atoms with Crippen molar-refractivity contribution in [3.8, 4) is 0 Å². The maximum Gasteiger partial charge on any atom is 0.341 e. The van der Waals surface area contributed by atoms with Crippen molar-refractivity contribution in [1.82, 2.24) is 20.2 Å². The molecule has 7 N–H and O–H groups in total. The molecule has 76 heavy (non-hydrogen) atoms. The van der Waals surface area contributed by atoms with Gasteiger partial charge in [0.25, 0.3) is 10.1 Å². The Morgan fingerprint density at radius 1 is 0.947 bits per heavy atom. The monoisotopic (exact) mass is 1100 g/mol. The second kappa shape index (κ2) is 25.5. The van der Waals surface area contributed by atoms with Crippen LogP contribution in [0.4, 0.5) is 10.2 Å². The van der Waals surface area contributed by atoms with Crippen LogP contribution in [-0.4, -0.2) is 199 Å². The topological polar surface area (TPSA) is 313 Å². The highest BCUT2D eigenvalue weighted by atomic mass is 32.2. The number of H-pyrrole nitrogens is 1. The molecule has 0 saturated carbocycles. The van der Waals surface area contributed by atoms with Crippen molar-refractivity contribution in [2.45, 2.75) is 179 Å². The number of likely N-dealkylation sites (N-methyl/N-ethyl adjacent to an activating group) is 1. The fraction of sp³-hybridized carbons (Fsp3) is 0.784. The molecule has 0 bridgehead atoms. The molecule has 18 atom stereocenters. The first-order chi connectivity index (χ1) is 35.4. The van der Waals surface area contributed by atoms with Crippen LogP contribution in [0.2, 0.25) is 0 Å². The van der Waals surface area contributed by atoms with Crippen LogP contribution in [0.5, 0.6) is 0 Å². The number of halogens is 1. The van der Waals surface area contributed by atoms with Gasteiger partial charge in [-0.15, -0.1) is 0 Å². The first-order valence-electron chi connectivity index (χ1n) is 25.9. The van der Waals surface area contributed by atoms with Gasteiger partial charge in [-0.1, -0.05) is 27.7 Å². The fourth-order valence-corrected chi connectivity index (χ4v) is 12.1. The Morgan fingerprint density at radius 2 is 1.59 bits per heavy atom. The van der Waals surface area contributed by atoms with E-state index < -0.39 is 140 Å². The molecule has 3 aliphatic rings. The molecule has 3 fully saturated rings. The summed E-state index contributed by atoms with van der Waals surface area (Å²) in [6.07, 6.45) is -9.93. The van der Waals surface area contributed by atoms with Gasteiger partial charge < -0.3 is 74.1 Å². The zero-order chi connectivity index (χ0) is 57.0. The maximum atomic E-state index is 14.9. The number of fused-ring (bicyclic) bond motifs is 1. The number of Topliss-reactive ketones (excluding diaryl/α,β-unsaturated/α-hetero) is 1. The number of cyclic esters (lactones) is 1. The Morgan fingerprint density at radius 3 is 2.20 bits per heavy atom. The molecule has 2 aromatic heterocycles. The predicted octanol–water partition coefficient (Wildman–Crippen LogP) is 2.57. The molecule has 3 aliphatic heterocycles. The highest BCUT2D eigenvalue weighted by molar-refractivity contribution is 7.86. The molecule has 0 aromatic carbocycles. The molecule has 432 valence electrons. The molecule has 25 heteroatoms. The molecular weight excluding hydrogens is 1020 g/mol. The third-order valence-corrected chi connectivity index (χ3v) is 16.9. The Bertz CT molecular complexity index is 2500. The number of hydrogen-bond donors (Lipinski definition) is 7. The minimum atomic E-state index is -4.29. The molecule has 0 unspecified atom stereocenters. The van der Waals surface area contributed by atoms with Crippen LogP contribution >= 0.6 is 0 Å². The number of methoxy groups -OCH3 is 2. The van der Waals surface area contributed by atoms with E-state index >= 15 is 0 Å². The maximum absolute atomic E-state index is 14.9. The summed E-state index contributed by atoms with van der Waals surface area (Å²) in [7, 11) is 2.22. The molecular formula is C51H82FN5O18S. The van der Waals surface area contributed by atoms with Gasteiger partial charge in [0, 0.05) is 70.3 Å². The van der Waals surface area contributed by atoms with Gasteiger partial charge in [0.1, 0.15) is 40.9 Å². The average Bonchev–Trinajstić information content (AvgIpc) is 3.35. The summed E-state index contributed by atoms with van der Waals surface area (Å²) >= 11 is 0. The summed E-state index contributed by atoms with van der Waals surface area (Å²) in [6.45, 7) is 16.5. The van der Waals surface area contributed by atoms with Crippen molar-refractivity contribution in [3.05, 3.63) is 33.9 Å². The number of rotatable bonds is 18. The number of anilines is 1. The number of carbonyl (C=O) groups excluding carboxylic acids is 2. The first-order valence-corrected chi connectivity index (χ1v) is 27.5. The highest BCUT2D eigenvalue weighted by Crippen LogP contribution is 2.42. The molecule has 0 spiro atoms. The van der Waals surface area contributed by atoms with Gasteiger partial charge in [-0.2, -0.15) is 8.42 Å². The molecule has 0 radical (unpaired) electrons. The van der Waals surface area contributed by atoms with E-state index in [4.69, 9.17) is 37.3 Å². The predicted molar refractivity (Wildman–Crippen MR) is 274 cm³/mol. The lowest BCUT2D eigenvalue weighted by molar-refractivity contribution is -0.317. The number of ketones is 1. The van der Waals surface area contributed by atoms with E-state index in [-0.39, 0.29) is 73.7 Å². The summed E-state index contributed by atoms with van der Waals surface area (Å²) in [6, 6.07) is 0.506.